The molecule has 1 N–H and O–H groups in total. The van der Waals surface area contributed by atoms with Crippen molar-refractivity contribution in [3.05, 3.63) is 35.4 Å². The lowest BCUT2D eigenvalue weighted by Gasteiger charge is -2.23. The minimum Gasteiger partial charge on any atom is -0.350 e. The molecular formula is C16H20BrNO. The number of hydrogen-bond donors (Lipinski definition) is 1. The molecule has 1 amide bonds. The van der Waals surface area contributed by atoms with E-state index in [1.165, 1.54) is 11.1 Å². The van der Waals surface area contributed by atoms with Crippen LogP contribution in [0.4, 0.5) is 0 Å². The highest BCUT2D eigenvalue weighted by molar-refractivity contribution is 9.09. The number of carbonyl (C=O) groups excluding carboxylic acids is 1. The molecule has 1 aromatic rings. The predicted molar refractivity (Wildman–Crippen MR) is 80.5 cm³/mol. The van der Waals surface area contributed by atoms with Crippen molar-refractivity contribution >= 4 is 21.8 Å². The van der Waals surface area contributed by atoms with Gasteiger partial charge in [0.25, 0.3) is 0 Å². The Bertz CT molecular complexity index is 511. The second kappa shape index (κ2) is 4.62. The maximum atomic E-state index is 12.4. The Morgan fingerprint density at radius 2 is 2.16 bits per heavy atom. The summed E-state index contributed by atoms with van der Waals surface area (Å²) in [6.07, 6.45) is 2.29. The molecule has 0 saturated heterocycles. The highest BCUT2D eigenvalue weighted by Gasteiger charge is 2.57. The molecular weight excluding hydrogens is 302 g/mol. The molecule has 1 aromatic carbocycles. The molecule has 1 fully saturated rings. The minimum atomic E-state index is -0.164. The Hall–Kier alpha value is -0.830. The van der Waals surface area contributed by atoms with Crippen LogP contribution in [0.1, 0.15) is 37.3 Å². The summed E-state index contributed by atoms with van der Waals surface area (Å²) in [6, 6.07) is 8.61. The molecule has 3 atom stereocenters. The lowest BCUT2D eigenvalue weighted by molar-refractivity contribution is -0.124. The summed E-state index contributed by atoms with van der Waals surface area (Å²) in [5, 5.41) is 3.95. The van der Waals surface area contributed by atoms with E-state index in [0.717, 1.165) is 18.2 Å². The second-order valence-electron chi connectivity index (χ2n) is 6.46. The van der Waals surface area contributed by atoms with Crippen LogP contribution < -0.4 is 5.32 Å². The third-order valence-electron chi connectivity index (χ3n) is 4.43. The first kappa shape index (κ1) is 13.2. The summed E-state index contributed by atoms with van der Waals surface area (Å²) in [5.41, 5.74) is 2.69. The highest BCUT2D eigenvalue weighted by atomic mass is 79.9. The molecule has 2 aliphatic rings. The molecule has 102 valence electrons. The number of alkyl halides is 1. The van der Waals surface area contributed by atoms with Crippen LogP contribution in [0.5, 0.6) is 0 Å². The fourth-order valence-corrected chi connectivity index (χ4v) is 3.51. The van der Waals surface area contributed by atoms with Crippen LogP contribution in [0, 0.1) is 11.8 Å². The highest BCUT2D eigenvalue weighted by Crippen LogP contribution is 2.59. The van der Waals surface area contributed by atoms with Gasteiger partial charge in [-0.2, -0.15) is 0 Å². The van der Waals surface area contributed by atoms with Gasteiger partial charge in [0.1, 0.15) is 0 Å². The first-order valence-electron chi connectivity index (χ1n) is 6.99. The summed E-state index contributed by atoms with van der Waals surface area (Å²) in [6.45, 7) is 4.11. The van der Waals surface area contributed by atoms with Crippen LogP contribution in [0.2, 0.25) is 0 Å². The number of fused-ring (bicyclic) bond motifs is 3. The van der Waals surface area contributed by atoms with Crippen LogP contribution in [0.3, 0.4) is 0 Å². The first-order valence-corrected chi connectivity index (χ1v) is 8.11. The van der Waals surface area contributed by atoms with Gasteiger partial charge in [0, 0.05) is 16.8 Å². The average molecular weight is 322 g/mol. The maximum Gasteiger partial charge on any atom is 0.224 e. The SMILES string of the molecule is CC(C)(CBr)NC(=O)C1C2CCc3ccccc3C21. The minimum absolute atomic E-state index is 0.164. The average Bonchev–Trinajstić information content (AvgIpc) is 3.13. The summed E-state index contributed by atoms with van der Waals surface area (Å²) >= 11 is 3.46. The van der Waals surface area contributed by atoms with Crippen molar-refractivity contribution in [1.82, 2.24) is 5.32 Å². The topological polar surface area (TPSA) is 29.1 Å². The Morgan fingerprint density at radius 3 is 2.89 bits per heavy atom. The van der Waals surface area contributed by atoms with Crippen LogP contribution in [0.15, 0.2) is 24.3 Å². The van der Waals surface area contributed by atoms with Gasteiger partial charge in [-0.15, -0.1) is 0 Å². The molecule has 3 heteroatoms. The maximum absolute atomic E-state index is 12.4. The molecule has 3 rings (SSSR count). The van der Waals surface area contributed by atoms with Crippen molar-refractivity contribution in [3.63, 3.8) is 0 Å². The van der Waals surface area contributed by atoms with Gasteiger partial charge in [-0.05, 0) is 49.7 Å². The molecule has 0 aliphatic heterocycles. The van der Waals surface area contributed by atoms with E-state index in [0.29, 0.717) is 11.8 Å². The molecule has 2 aliphatic carbocycles. The van der Waals surface area contributed by atoms with E-state index in [2.05, 4.69) is 59.4 Å². The van der Waals surface area contributed by atoms with Crippen LogP contribution in [-0.2, 0) is 11.2 Å². The van der Waals surface area contributed by atoms with E-state index >= 15 is 0 Å². The monoisotopic (exact) mass is 321 g/mol. The summed E-state index contributed by atoms with van der Waals surface area (Å²) in [7, 11) is 0. The van der Waals surface area contributed by atoms with Gasteiger partial charge < -0.3 is 5.32 Å². The van der Waals surface area contributed by atoms with Crippen molar-refractivity contribution in [1.29, 1.82) is 0 Å². The standard InChI is InChI=1S/C16H20BrNO/c1-16(2,9-17)18-15(19)14-12-8-7-10-5-3-4-6-11(10)13(12)14/h3-6,12-14H,7-9H2,1-2H3,(H,18,19). The molecule has 0 heterocycles. The zero-order valence-corrected chi connectivity index (χ0v) is 13.0. The Kier molecular flexibility index (Phi) is 3.20. The summed E-state index contributed by atoms with van der Waals surface area (Å²) in [4.78, 5) is 12.4. The van der Waals surface area contributed by atoms with Crippen LogP contribution in [-0.4, -0.2) is 16.8 Å². The van der Waals surface area contributed by atoms with Crippen molar-refractivity contribution < 1.29 is 4.79 Å². The summed E-state index contributed by atoms with van der Waals surface area (Å²) < 4.78 is 0. The first-order chi connectivity index (χ1) is 9.03. The number of benzene rings is 1. The van der Waals surface area contributed by atoms with Gasteiger partial charge in [-0.3, -0.25) is 4.79 Å². The van der Waals surface area contributed by atoms with E-state index in [1.807, 2.05) is 0 Å². The van der Waals surface area contributed by atoms with Crippen molar-refractivity contribution in [2.45, 2.75) is 38.1 Å². The molecule has 3 unspecified atom stereocenters. The molecule has 0 spiro atoms. The zero-order chi connectivity index (χ0) is 13.6. The van der Waals surface area contributed by atoms with Crippen molar-refractivity contribution in [2.75, 3.05) is 5.33 Å². The number of halogens is 1. The summed E-state index contributed by atoms with van der Waals surface area (Å²) in [5.74, 6) is 1.47. The molecule has 19 heavy (non-hydrogen) atoms. The van der Waals surface area contributed by atoms with Crippen LogP contribution >= 0.6 is 15.9 Å². The number of amides is 1. The Morgan fingerprint density at radius 1 is 1.42 bits per heavy atom. The third kappa shape index (κ3) is 2.33. The van der Waals surface area contributed by atoms with Crippen molar-refractivity contribution in [2.24, 2.45) is 11.8 Å². The molecule has 2 nitrogen and oxygen atoms in total. The molecule has 0 aromatic heterocycles. The smallest absolute Gasteiger partial charge is 0.224 e. The van der Waals surface area contributed by atoms with E-state index in [9.17, 15) is 4.79 Å². The van der Waals surface area contributed by atoms with Gasteiger partial charge in [-0.1, -0.05) is 40.2 Å². The fraction of sp³-hybridized carbons (Fsp3) is 0.562. The zero-order valence-electron chi connectivity index (χ0n) is 11.4. The van der Waals surface area contributed by atoms with Gasteiger partial charge in [0.05, 0.1) is 0 Å². The Labute approximate surface area is 123 Å². The molecule has 0 bridgehead atoms. The van der Waals surface area contributed by atoms with Gasteiger partial charge in [-0.25, -0.2) is 0 Å². The van der Waals surface area contributed by atoms with E-state index in [4.69, 9.17) is 0 Å². The second-order valence-corrected chi connectivity index (χ2v) is 7.02. The Balaban J connectivity index is 1.76. The van der Waals surface area contributed by atoms with E-state index < -0.39 is 0 Å². The lowest BCUT2D eigenvalue weighted by atomic mass is 9.92. The van der Waals surface area contributed by atoms with Gasteiger partial charge in [0.15, 0.2) is 0 Å². The van der Waals surface area contributed by atoms with E-state index in [-0.39, 0.29) is 17.4 Å². The predicted octanol–water partition coefficient (Wildman–Crippen LogP) is 3.25. The lowest BCUT2D eigenvalue weighted by Crippen LogP contribution is -2.45. The number of hydrogen-bond acceptors (Lipinski definition) is 1. The normalized spacial score (nSPS) is 28.3. The third-order valence-corrected chi connectivity index (χ3v) is 5.83. The number of aryl methyl sites for hydroxylation is 1. The molecule has 0 radical (unpaired) electrons. The largest absolute Gasteiger partial charge is 0.350 e. The number of carbonyl (C=O) groups is 1. The van der Waals surface area contributed by atoms with E-state index in [1.54, 1.807) is 0 Å². The van der Waals surface area contributed by atoms with Gasteiger partial charge >= 0.3 is 0 Å². The van der Waals surface area contributed by atoms with Gasteiger partial charge in [0.2, 0.25) is 5.91 Å². The number of nitrogens with one attached hydrogen (secondary N) is 1. The van der Waals surface area contributed by atoms with Crippen LogP contribution in [0.25, 0.3) is 0 Å². The quantitative estimate of drug-likeness (QED) is 0.851. The fourth-order valence-electron chi connectivity index (χ4n) is 3.37. The molecule has 1 saturated carbocycles. The van der Waals surface area contributed by atoms with Crippen molar-refractivity contribution in [3.8, 4) is 0 Å². The number of rotatable bonds is 3.